The van der Waals surface area contributed by atoms with Crippen molar-refractivity contribution in [2.45, 2.75) is 51.5 Å². The van der Waals surface area contributed by atoms with Crippen LogP contribution in [-0.2, 0) is 5.41 Å². The van der Waals surface area contributed by atoms with Gasteiger partial charge in [-0.2, -0.15) is 0 Å². The van der Waals surface area contributed by atoms with E-state index in [1.165, 1.54) is 34.5 Å². The van der Waals surface area contributed by atoms with Crippen LogP contribution in [0.1, 0.15) is 56.6 Å². The third kappa shape index (κ3) is 2.67. The summed E-state index contributed by atoms with van der Waals surface area (Å²) in [6, 6.07) is 7.31. The van der Waals surface area contributed by atoms with Crippen LogP contribution in [0.4, 0.5) is 0 Å². The van der Waals surface area contributed by atoms with Gasteiger partial charge in [0.2, 0.25) is 0 Å². The number of nitrogens with one attached hydrogen (secondary N) is 1. The Morgan fingerprint density at radius 2 is 2.11 bits per heavy atom. The van der Waals surface area contributed by atoms with E-state index >= 15 is 0 Å². The summed E-state index contributed by atoms with van der Waals surface area (Å²) in [7, 11) is 0. The zero-order valence-corrected chi connectivity index (χ0v) is 12.8. The number of rotatable bonds is 1. The number of hydrogen-bond donors (Lipinski definition) is 1. The first-order valence-electron chi connectivity index (χ1n) is 7.18. The molecule has 102 valence electrons. The van der Waals surface area contributed by atoms with Crippen molar-refractivity contribution in [1.82, 2.24) is 10.3 Å². The fraction of sp³-hybridized carbons (Fsp3) is 0.562. The molecule has 0 amide bonds. The lowest BCUT2D eigenvalue weighted by atomic mass is 9.97. The summed E-state index contributed by atoms with van der Waals surface area (Å²) in [5.41, 5.74) is 2.72. The number of piperidine rings is 1. The van der Waals surface area contributed by atoms with Gasteiger partial charge in [-0.05, 0) is 37.1 Å². The molecule has 1 aromatic carbocycles. The fourth-order valence-electron chi connectivity index (χ4n) is 2.62. The number of aromatic nitrogens is 1. The van der Waals surface area contributed by atoms with Crippen LogP contribution in [0, 0.1) is 0 Å². The van der Waals surface area contributed by atoms with Crippen molar-refractivity contribution < 1.29 is 0 Å². The minimum Gasteiger partial charge on any atom is -0.310 e. The number of nitrogens with zero attached hydrogens (tertiary/aromatic N) is 1. The van der Waals surface area contributed by atoms with E-state index in [-0.39, 0.29) is 5.41 Å². The van der Waals surface area contributed by atoms with Gasteiger partial charge in [0.1, 0.15) is 0 Å². The second-order valence-corrected chi connectivity index (χ2v) is 7.53. The Bertz CT molecular complexity index is 574. The van der Waals surface area contributed by atoms with Crippen molar-refractivity contribution in [3.05, 3.63) is 28.8 Å². The van der Waals surface area contributed by atoms with Crippen LogP contribution >= 0.6 is 11.3 Å². The molecule has 19 heavy (non-hydrogen) atoms. The quantitative estimate of drug-likeness (QED) is 0.833. The predicted octanol–water partition coefficient (Wildman–Crippen LogP) is 4.41. The van der Waals surface area contributed by atoms with Gasteiger partial charge in [-0.15, -0.1) is 11.3 Å². The van der Waals surface area contributed by atoms with Crippen LogP contribution in [0.3, 0.4) is 0 Å². The third-order valence-electron chi connectivity index (χ3n) is 3.77. The molecule has 0 bridgehead atoms. The molecule has 0 aliphatic carbocycles. The number of benzene rings is 1. The van der Waals surface area contributed by atoms with Crippen LogP contribution < -0.4 is 5.32 Å². The number of thiazole rings is 1. The van der Waals surface area contributed by atoms with Gasteiger partial charge in [0, 0.05) is 11.5 Å². The second-order valence-electron chi connectivity index (χ2n) is 6.50. The van der Waals surface area contributed by atoms with E-state index in [1.807, 2.05) is 11.3 Å². The number of hydrogen-bond acceptors (Lipinski definition) is 3. The number of fused-ring (bicyclic) bond motifs is 1. The Balaban J connectivity index is 1.96. The van der Waals surface area contributed by atoms with E-state index in [4.69, 9.17) is 4.98 Å². The first-order chi connectivity index (χ1) is 9.04. The molecule has 2 heterocycles. The molecule has 1 aliphatic heterocycles. The van der Waals surface area contributed by atoms with Crippen molar-refractivity contribution >= 4 is 21.6 Å². The van der Waals surface area contributed by atoms with Crippen LogP contribution in [0.15, 0.2) is 18.2 Å². The van der Waals surface area contributed by atoms with Crippen molar-refractivity contribution in [2.75, 3.05) is 6.54 Å². The van der Waals surface area contributed by atoms with Gasteiger partial charge in [-0.3, -0.25) is 0 Å². The molecule has 2 nitrogen and oxygen atoms in total. The highest BCUT2D eigenvalue weighted by molar-refractivity contribution is 7.18. The molecule has 1 saturated heterocycles. The Hall–Kier alpha value is -0.930. The van der Waals surface area contributed by atoms with Crippen LogP contribution in [0.25, 0.3) is 10.2 Å². The van der Waals surface area contributed by atoms with Crippen molar-refractivity contribution in [2.24, 2.45) is 0 Å². The van der Waals surface area contributed by atoms with Crippen molar-refractivity contribution in [1.29, 1.82) is 0 Å². The molecule has 1 aliphatic rings. The lowest BCUT2D eigenvalue weighted by Gasteiger charge is -2.23. The molecule has 2 aromatic rings. The minimum absolute atomic E-state index is 0.146. The summed E-state index contributed by atoms with van der Waals surface area (Å²) in [5, 5.41) is 4.85. The van der Waals surface area contributed by atoms with Crippen molar-refractivity contribution in [3.63, 3.8) is 0 Å². The van der Waals surface area contributed by atoms with E-state index in [0.717, 1.165) is 12.1 Å². The minimum atomic E-state index is 0.146. The van der Waals surface area contributed by atoms with Gasteiger partial charge in [0.25, 0.3) is 0 Å². The normalized spacial score (nSPS) is 20.9. The molecule has 1 aromatic heterocycles. The maximum absolute atomic E-state index is 4.77. The zero-order valence-electron chi connectivity index (χ0n) is 12.0. The molecule has 0 radical (unpaired) electrons. The molecular weight excluding hydrogens is 252 g/mol. The summed E-state index contributed by atoms with van der Waals surface area (Å²) >= 11 is 1.84. The molecule has 0 spiro atoms. The molecule has 0 saturated carbocycles. The Morgan fingerprint density at radius 1 is 1.26 bits per heavy atom. The Labute approximate surface area is 119 Å². The van der Waals surface area contributed by atoms with Gasteiger partial charge in [0.05, 0.1) is 15.2 Å². The average Bonchev–Trinajstić information content (AvgIpc) is 2.82. The highest BCUT2D eigenvalue weighted by Crippen LogP contribution is 2.33. The third-order valence-corrected chi connectivity index (χ3v) is 5.21. The summed E-state index contributed by atoms with van der Waals surface area (Å²) < 4.78 is 1.33. The second kappa shape index (κ2) is 4.88. The van der Waals surface area contributed by atoms with Crippen LogP contribution in [-0.4, -0.2) is 11.5 Å². The Morgan fingerprint density at radius 3 is 2.79 bits per heavy atom. The summed E-state index contributed by atoms with van der Waals surface area (Å²) in [5.74, 6) is 0. The first-order valence-corrected chi connectivity index (χ1v) is 8.00. The van der Waals surface area contributed by atoms with Gasteiger partial charge in [-0.1, -0.05) is 33.3 Å². The first kappa shape index (κ1) is 13.1. The maximum atomic E-state index is 4.77. The van der Waals surface area contributed by atoms with Gasteiger partial charge in [-0.25, -0.2) is 4.98 Å². The van der Waals surface area contributed by atoms with Gasteiger partial charge < -0.3 is 5.32 Å². The van der Waals surface area contributed by atoms with Crippen molar-refractivity contribution in [3.8, 4) is 0 Å². The zero-order chi connectivity index (χ0) is 13.5. The Kier molecular flexibility index (Phi) is 3.35. The molecule has 1 atom stereocenters. The highest BCUT2D eigenvalue weighted by Gasteiger charge is 2.20. The standard InChI is InChI=1S/C16H22N2S/c1-16(2,3)15-18-13-8-7-11(10-14(13)19-15)12-6-4-5-9-17-12/h7-8,10,12,17H,4-6,9H2,1-3H3. The smallest absolute Gasteiger partial charge is 0.0992 e. The average molecular weight is 274 g/mol. The molecule has 1 N–H and O–H groups in total. The fourth-order valence-corrected chi connectivity index (χ4v) is 3.69. The topological polar surface area (TPSA) is 24.9 Å². The molecule has 3 heteroatoms. The van der Waals surface area contributed by atoms with E-state index in [2.05, 4.69) is 44.3 Å². The maximum Gasteiger partial charge on any atom is 0.0992 e. The monoisotopic (exact) mass is 274 g/mol. The summed E-state index contributed by atoms with van der Waals surface area (Å²) in [4.78, 5) is 4.77. The van der Waals surface area contributed by atoms with Crippen LogP contribution in [0.2, 0.25) is 0 Å². The molecule has 1 unspecified atom stereocenters. The SMILES string of the molecule is CC(C)(C)c1nc2ccc(C3CCCCN3)cc2s1. The lowest BCUT2D eigenvalue weighted by Crippen LogP contribution is -2.26. The highest BCUT2D eigenvalue weighted by atomic mass is 32.1. The van der Waals surface area contributed by atoms with E-state index in [9.17, 15) is 0 Å². The van der Waals surface area contributed by atoms with E-state index in [0.29, 0.717) is 6.04 Å². The molecule has 1 fully saturated rings. The summed E-state index contributed by atoms with van der Waals surface area (Å²) in [6.45, 7) is 7.84. The van der Waals surface area contributed by atoms with E-state index in [1.54, 1.807) is 0 Å². The van der Waals surface area contributed by atoms with Gasteiger partial charge in [0.15, 0.2) is 0 Å². The summed E-state index contributed by atoms with van der Waals surface area (Å²) in [6.07, 6.45) is 3.91. The van der Waals surface area contributed by atoms with Crippen LogP contribution in [0.5, 0.6) is 0 Å². The van der Waals surface area contributed by atoms with E-state index < -0.39 is 0 Å². The lowest BCUT2D eigenvalue weighted by molar-refractivity contribution is 0.412. The molecule has 3 rings (SSSR count). The largest absolute Gasteiger partial charge is 0.310 e. The molecular formula is C16H22N2S. The predicted molar refractivity (Wildman–Crippen MR) is 82.9 cm³/mol. The van der Waals surface area contributed by atoms with Gasteiger partial charge >= 0.3 is 0 Å².